The van der Waals surface area contributed by atoms with E-state index in [0.717, 1.165) is 37.7 Å². The minimum absolute atomic E-state index is 0.0404. The van der Waals surface area contributed by atoms with E-state index >= 15 is 0 Å². The highest BCUT2D eigenvalue weighted by molar-refractivity contribution is 5.43. The van der Waals surface area contributed by atoms with Crippen molar-refractivity contribution in [1.29, 1.82) is 0 Å². The van der Waals surface area contributed by atoms with Crippen molar-refractivity contribution in [3.63, 3.8) is 0 Å². The number of benzene rings is 1. The molecule has 112 valence electrons. The molecule has 0 saturated heterocycles. The Kier molecular flexibility index (Phi) is 5.26. The maximum Gasteiger partial charge on any atom is 0.161 e. The molecular weight excluding hydrogens is 254 g/mol. The van der Waals surface area contributed by atoms with Gasteiger partial charge >= 0.3 is 0 Å². The molecule has 20 heavy (non-hydrogen) atoms. The Morgan fingerprint density at radius 2 is 1.95 bits per heavy atom. The van der Waals surface area contributed by atoms with Gasteiger partial charge in [-0.3, -0.25) is 0 Å². The van der Waals surface area contributed by atoms with Crippen LogP contribution in [0.5, 0.6) is 11.5 Å². The molecule has 0 radical (unpaired) electrons. The van der Waals surface area contributed by atoms with E-state index in [2.05, 4.69) is 0 Å². The van der Waals surface area contributed by atoms with Crippen molar-refractivity contribution in [2.24, 2.45) is 5.73 Å². The third kappa shape index (κ3) is 3.64. The van der Waals surface area contributed by atoms with Gasteiger partial charge in [0, 0.05) is 6.04 Å². The molecule has 3 atom stereocenters. The van der Waals surface area contributed by atoms with Crippen molar-refractivity contribution < 1.29 is 14.6 Å². The first-order valence-corrected chi connectivity index (χ1v) is 7.40. The lowest BCUT2D eigenvalue weighted by molar-refractivity contribution is 0.0305. The smallest absolute Gasteiger partial charge is 0.161 e. The number of hydrogen-bond donors (Lipinski definition) is 2. The van der Waals surface area contributed by atoms with Crippen LogP contribution in [0.4, 0.5) is 0 Å². The maximum atomic E-state index is 10.1. The highest BCUT2D eigenvalue weighted by Gasteiger charge is 2.24. The lowest BCUT2D eigenvalue weighted by atomic mass is 10.1. The largest absolute Gasteiger partial charge is 0.493 e. The standard InChI is InChI=1S/C16H25NO3/c1-11(17)12-8-9-15(16(10-12)19-2)20-14-7-5-3-4-6-13(14)18/h8-11,13-14,18H,3-7,17H2,1-2H3/t11-,13?,14?/m1/s1. The summed E-state index contributed by atoms with van der Waals surface area (Å²) < 4.78 is 11.4. The van der Waals surface area contributed by atoms with Gasteiger partial charge in [-0.25, -0.2) is 0 Å². The molecule has 1 saturated carbocycles. The van der Waals surface area contributed by atoms with Crippen LogP contribution < -0.4 is 15.2 Å². The van der Waals surface area contributed by atoms with E-state index in [9.17, 15) is 5.11 Å². The lowest BCUT2D eigenvalue weighted by Crippen LogP contribution is -2.30. The first kappa shape index (κ1) is 15.1. The van der Waals surface area contributed by atoms with Gasteiger partial charge in [0.25, 0.3) is 0 Å². The van der Waals surface area contributed by atoms with Gasteiger partial charge in [-0.2, -0.15) is 0 Å². The van der Waals surface area contributed by atoms with E-state index in [-0.39, 0.29) is 12.1 Å². The molecule has 0 spiro atoms. The molecule has 1 aliphatic carbocycles. The predicted molar refractivity (Wildman–Crippen MR) is 79.1 cm³/mol. The number of nitrogens with two attached hydrogens (primary N) is 1. The second-order valence-corrected chi connectivity index (χ2v) is 5.56. The normalized spacial score (nSPS) is 24.8. The van der Waals surface area contributed by atoms with Crippen LogP contribution in [0.1, 0.15) is 50.6 Å². The van der Waals surface area contributed by atoms with Crippen molar-refractivity contribution in [1.82, 2.24) is 0 Å². The number of aliphatic hydroxyl groups is 1. The number of ether oxygens (including phenoxy) is 2. The van der Waals surface area contributed by atoms with Crippen molar-refractivity contribution >= 4 is 0 Å². The molecule has 2 rings (SSSR count). The molecule has 3 N–H and O–H groups in total. The summed E-state index contributed by atoms with van der Waals surface area (Å²) >= 11 is 0. The van der Waals surface area contributed by atoms with Gasteiger partial charge < -0.3 is 20.3 Å². The SMILES string of the molecule is COc1cc([C@@H](C)N)ccc1OC1CCCCCC1O. The third-order valence-corrected chi connectivity index (χ3v) is 3.91. The zero-order valence-electron chi connectivity index (χ0n) is 12.3. The van der Waals surface area contributed by atoms with Gasteiger partial charge in [0.05, 0.1) is 13.2 Å². The van der Waals surface area contributed by atoms with Crippen LogP contribution in [0, 0.1) is 0 Å². The summed E-state index contributed by atoms with van der Waals surface area (Å²) in [6.45, 7) is 1.93. The molecule has 0 aromatic heterocycles. The van der Waals surface area contributed by atoms with E-state index in [1.165, 1.54) is 0 Å². The Morgan fingerprint density at radius 3 is 2.65 bits per heavy atom. The van der Waals surface area contributed by atoms with Gasteiger partial charge in [-0.15, -0.1) is 0 Å². The van der Waals surface area contributed by atoms with Gasteiger partial charge in [0.15, 0.2) is 11.5 Å². The average molecular weight is 279 g/mol. The monoisotopic (exact) mass is 279 g/mol. The zero-order chi connectivity index (χ0) is 14.5. The van der Waals surface area contributed by atoms with Crippen LogP contribution in [-0.2, 0) is 0 Å². The van der Waals surface area contributed by atoms with E-state index in [1.54, 1.807) is 7.11 Å². The fourth-order valence-electron chi connectivity index (χ4n) is 2.62. The molecule has 0 heterocycles. The Balaban J connectivity index is 2.15. The number of aliphatic hydroxyl groups excluding tert-OH is 1. The summed E-state index contributed by atoms with van der Waals surface area (Å²) in [5.41, 5.74) is 6.89. The third-order valence-electron chi connectivity index (χ3n) is 3.91. The summed E-state index contributed by atoms with van der Waals surface area (Å²) in [6, 6.07) is 5.70. The fraction of sp³-hybridized carbons (Fsp3) is 0.625. The molecule has 4 nitrogen and oxygen atoms in total. The fourth-order valence-corrected chi connectivity index (χ4v) is 2.62. The van der Waals surface area contributed by atoms with Gasteiger partial charge in [-0.1, -0.05) is 18.9 Å². The van der Waals surface area contributed by atoms with Crippen LogP contribution in [0.25, 0.3) is 0 Å². The predicted octanol–water partition coefficient (Wildman–Crippen LogP) is 2.79. The first-order chi connectivity index (χ1) is 9.61. The van der Waals surface area contributed by atoms with Gasteiger partial charge in [-0.05, 0) is 43.9 Å². The van der Waals surface area contributed by atoms with E-state index in [0.29, 0.717) is 11.5 Å². The Bertz CT molecular complexity index is 434. The second kappa shape index (κ2) is 6.95. The molecule has 1 aromatic rings. The van der Waals surface area contributed by atoms with E-state index < -0.39 is 6.10 Å². The van der Waals surface area contributed by atoms with Crippen molar-refractivity contribution in [2.45, 2.75) is 57.3 Å². The summed E-state index contributed by atoms with van der Waals surface area (Å²) in [4.78, 5) is 0. The van der Waals surface area contributed by atoms with E-state index in [4.69, 9.17) is 15.2 Å². The summed E-state index contributed by atoms with van der Waals surface area (Å²) in [5, 5.41) is 10.1. The Morgan fingerprint density at radius 1 is 1.20 bits per heavy atom. The summed E-state index contributed by atoms with van der Waals surface area (Å²) in [5.74, 6) is 1.36. The maximum absolute atomic E-state index is 10.1. The van der Waals surface area contributed by atoms with Crippen LogP contribution in [-0.4, -0.2) is 24.4 Å². The number of hydrogen-bond acceptors (Lipinski definition) is 4. The van der Waals surface area contributed by atoms with Crippen LogP contribution in [0.2, 0.25) is 0 Å². The number of methoxy groups -OCH3 is 1. The van der Waals surface area contributed by atoms with Gasteiger partial charge in [0.1, 0.15) is 6.10 Å². The molecule has 2 unspecified atom stereocenters. The molecule has 1 aromatic carbocycles. The van der Waals surface area contributed by atoms with Crippen molar-refractivity contribution in [3.8, 4) is 11.5 Å². The highest BCUT2D eigenvalue weighted by Crippen LogP contribution is 2.32. The first-order valence-electron chi connectivity index (χ1n) is 7.40. The molecule has 1 fully saturated rings. The minimum atomic E-state index is -0.393. The summed E-state index contributed by atoms with van der Waals surface area (Å²) in [6.07, 6.45) is 4.49. The number of rotatable bonds is 4. The zero-order valence-corrected chi connectivity index (χ0v) is 12.3. The average Bonchev–Trinajstić information content (AvgIpc) is 2.64. The van der Waals surface area contributed by atoms with Crippen LogP contribution in [0.3, 0.4) is 0 Å². The van der Waals surface area contributed by atoms with E-state index in [1.807, 2.05) is 25.1 Å². The van der Waals surface area contributed by atoms with Crippen LogP contribution >= 0.6 is 0 Å². The summed E-state index contributed by atoms with van der Waals surface area (Å²) in [7, 11) is 1.62. The minimum Gasteiger partial charge on any atom is -0.493 e. The van der Waals surface area contributed by atoms with Crippen LogP contribution in [0.15, 0.2) is 18.2 Å². The molecule has 0 amide bonds. The quantitative estimate of drug-likeness (QED) is 0.832. The molecule has 0 bridgehead atoms. The topological polar surface area (TPSA) is 64.7 Å². The second-order valence-electron chi connectivity index (χ2n) is 5.56. The Labute approximate surface area is 120 Å². The van der Waals surface area contributed by atoms with Gasteiger partial charge in [0.2, 0.25) is 0 Å². The Hall–Kier alpha value is -1.26. The van der Waals surface area contributed by atoms with Crippen molar-refractivity contribution in [3.05, 3.63) is 23.8 Å². The molecular formula is C16H25NO3. The molecule has 0 aliphatic heterocycles. The highest BCUT2D eigenvalue weighted by atomic mass is 16.5. The van der Waals surface area contributed by atoms with Crippen molar-refractivity contribution in [2.75, 3.05) is 7.11 Å². The molecule has 1 aliphatic rings. The molecule has 4 heteroatoms. The lowest BCUT2D eigenvalue weighted by Gasteiger charge is -2.23.